The molecule has 1 atom stereocenters. The van der Waals surface area contributed by atoms with E-state index in [-0.39, 0.29) is 6.04 Å². The van der Waals surface area contributed by atoms with E-state index in [1.54, 1.807) is 6.33 Å². The lowest BCUT2D eigenvalue weighted by molar-refractivity contribution is 0.620. The van der Waals surface area contributed by atoms with Crippen LogP contribution in [0.5, 0.6) is 0 Å². The molecular formula is C23H30N6. The third-order valence-electron chi connectivity index (χ3n) is 4.81. The van der Waals surface area contributed by atoms with Crippen molar-refractivity contribution >= 4 is 16.7 Å². The zero-order chi connectivity index (χ0) is 20.6. The second-order valence-electron chi connectivity index (χ2n) is 7.28. The standard InChI is InChI=1S/C23H30N6/c1-5-22-28-26-16-29(22)14-13-24-23(25-15-17(2)3)27-18(4)20-12-8-10-19-9-6-7-11-21(19)20/h6-12,16,18H,2,5,13-15H2,1,3-4H3,(H2,24,25,27). The quantitative estimate of drug-likeness (QED) is 0.348. The van der Waals surface area contributed by atoms with E-state index in [1.165, 1.54) is 16.3 Å². The third-order valence-corrected chi connectivity index (χ3v) is 4.81. The molecule has 0 saturated heterocycles. The van der Waals surface area contributed by atoms with Gasteiger partial charge in [0.2, 0.25) is 0 Å². The van der Waals surface area contributed by atoms with Gasteiger partial charge in [0.15, 0.2) is 5.96 Å². The van der Waals surface area contributed by atoms with Crippen LogP contribution in [0.25, 0.3) is 10.8 Å². The molecule has 29 heavy (non-hydrogen) atoms. The van der Waals surface area contributed by atoms with Gasteiger partial charge in [-0.25, -0.2) is 4.99 Å². The summed E-state index contributed by atoms with van der Waals surface area (Å²) in [5.41, 5.74) is 2.27. The highest BCUT2D eigenvalue weighted by Crippen LogP contribution is 2.23. The average Bonchev–Trinajstić information content (AvgIpc) is 3.18. The zero-order valence-electron chi connectivity index (χ0n) is 17.5. The third kappa shape index (κ3) is 5.44. The first-order valence-corrected chi connectivity index (χ1v) is 10.1. The van der Waals surface area contributed by atoms with Crippen molar-refractivity contribution in [1.82, 2.24) is 25.4 Å². The van der Waals surface area contributed by atoms with Gasteiger partial charge in [-0.3, -0.25) is 0 Å². The van der Waals surface area contributed by atoms with E-state index in [2.05, 4.69) is 93.3 Å². The SMILES string of the molecule is C=C(C)CN=C(NCCn1cnnc1CC)NC(C)c1cccc2ccccc12. The number of nitrogens with zero attached hydrogens (tertiary/aromatic N) is 4. The summed E-state index contributed by atoms with van der Waals surface area (Å²) >= 11 is 0. The van der Waals surface area contributed by atoms with Crippen molar-refractivity contribution in [2.45, 2.75) is 39.8 Å². The predicted octanol–water partition coefficient (Wildman–Crippen LogP) is 3.87. The molecule has 0 aliphatic heterocycles. The Morgan fingerprint density at radius 3 is 2.79 bits per heavy atom. The molecule has 2 aromatic carbocycles. The van der Waals surface area contributed by atoms with E-state index in [0.29, 0.717) is 6.54 Å². The average molecular weight is 391 g/mol. The molecule has 1 unspecified atom stereocenters. The molecule has 0 spiro atoms. The Hall–Kier alpha value is -3.15. The van der Waals surface area contributed by atoms with Gasteiger partial charge in [-0.1, -0.05) is 61.5 Å². The van der Waals surface area contributed by atoms with Crippen LogP contribution in [0.3, 0.4) is 0 Å². The molecule has 0 amide bonds. The van der Waals surface area contributed by atoms with E-state index in [1.807, 2.05) is 6.92 Å². The largest absolute Gasteiger partial charge is 0.355 e. The van der Waals surface area contributed by atoms with Crippen LogP contribution in [0.4, 0.5) is 0 Å². The number of fused-ring (bicyclic) bond motifs is 1. The number of benzene rings is 2. The van der Waals surface area contributed by atoms with Crippen molar-refractivity contribution in [1.29, 1.82) is 0 Å². The maximum Gasteiger partial charge on any atom is 0.192 e. The molecule has 0 saturated carbocycles. The van der Waals surface area contributed by atoms with Crippen molar-refractivity contribution < 1.29 is 0 Å². The molecular weight excluding hydrogens is 360 g/mol. The lowest BCUT2D eigenvalue weighted by Crippen LogP contribution is -2.40. The lowest BCUT2D eigenvalue weighted by Gasteiger charge is -2.20. The topological polar surface area (TPSA) is 67.1 Å². The normalized spacial score (nSPS) is 12.7. The molecule has 0 fully saturated rings. The van der Waals surface area contributed by atoms with Crippen molar-refractivity contribution in [3.63, 3.8) is 0 Å². The molecule has 2 N–H and O–H groups in total. The first-order valence-electron chi connectivity index (χ1n) is 10.1. The number of rotatable bonds is 8. The summed E-state index contributed by atoms with van der Waals surface area (Å²) < 4.78 is 2.07. The van der Waals surface area contributed by atoms with Crippen molar-refractivity contribution in [3.8, 4) is 0 Å². The Balaban J connectivity index is 1.71. The number of nitrogens with one attached hydrogen (secondary N) is 2. The summed E-state index contributed by atoms with van der Waals surface area (Å²) in [6.45, 7) is 12.3. The Morgan fingerprint density at radius 2 is 2.00 bits per heavy atom. The van der Waals surface area contributed by atoms with E-state index < -0.39 is 0 Å². The molecule has 6 nitrogen and oxygen atoms in total. The Morgan fingerprint density at radius 1 is 1.21 bits per heavy atom. The van der Waals surface area contributed by atoms with Gasteiger partial charge in [-0.05, 0) is 30.2 Å². The van der Waals surface area contributed by atoms with Gasteiger partial charge in [0.1, 0.15) is 12.2 Å². The Labute approximate surface area is 172 Å². The van der Waals surface area contributed by atoms with E-state index in [9.17, 15) is 0 Å². The van der Waals surface area contributed by atoms with Crippen LogP contribution in [0.15, 0.2) is 65.9 Å². The summed E-state index contributed by atoms with van der Waals surface area (Å²) in [6, 6.07) is 15.0. The van der Waals surface area contributed by atoms with Crippen molar-refractivity contribution in [2.75, 3.05) is 13.1 Å². The smallest absolute Gasteiger partial charge is 0.192 e. The van der Waals surface area contributed by atoms with E-state index in [4.69, 9.17) is 0 Å². The van der Waals surface area contributed by atoms with Crippen LogP contribution in [-0.4, -0.2) is 33.8 Å². The van der Waals surface area contributed by atoms with E-state index in [0.717, 1.165) is 36.9 Å². The van der Waals surface area contributed by atoms with Crippen molar-refractivity contribution in [3.05, 3.63) is 72.3 Å². The number of aliphatic imine (C=N–C) groups is 1. The molecule has 0 radical (unpaired) electrons. The van der Waals surface area contributed by atoms with Gasteiger partial charge >= 0.3 is 0 Å². The van der Waals surface area contributed by atoms with Crippen LogP contribution < -0.4 is 10.6 Å². The fourth-order valence-corrected chi connectivity index (χ4v) is 3.31. The summed E-state index contributed by atoms with van der Waals surface area (Å²) in [6.07, 6.45) is 2.64. The van der Waals surface area contributed by atoms with Crippen LogP contribution in [0.1, 0.15) is 38.2 Å². The summed E-state index contributed by atoms with van der Waals surface area (Å²) in [7, 11) is 0. The maximum absolute atomic E-state index is 4.68. The van der Waals surface area contributed by atoms with Gasteiger partial charge in [0, 0.05) is 19.5 Å². The minimum Gasteiger partial charge on any atom is -0.355 e. The molecule has 1 heterocycles. The van der Waals surface area contributed by atoms with Gasteiger partial charge in [-0.15, -0.1) is 10.2 Å². The number of hydrogen-bond acceptors (Lipinski definition) is 3. The van der Waals surface area contributed by atoms with Crippen molar-refractivity contribution in [2.24, 2.45) is 4.99 Å². The molecule has 3 rings (SSSR count). The van der Waals surface area contributed by atoms with Crippen LogP contribution in [0.2, 0.25) is 0 Å². The highest BCUT2D eigenvalue weighted by Gasteiger charge is 2.11. The highest BCUT2D eigenvalue weighted by molar-refractivity contribution is 5.87. The molecule has 0 aliphatic carbocycles. The summed E-state index contributed by atoms with van der Waals surface area (Å²) in [5, 5.41) is 17.6. The molecule has 3 aromatic rings. The Kier molecular flexibility index (Phi) is 7.00. The first kappa shape index (κ1) is 20.6. The number of aryl methyl sites for hydroxylation is 1. The number of aromatic nitrogens is 3. The minimum absolute atomic E-state index is 0.110. The molecule has 0 bridgehead atoms. The Bertz CT molecular complexity index is 982. The molecule has 152 valence electrons. The van der Waals surface area contributed by atoms with Gasteiger partial charge < -0.3 is 15.2 Å². The summed E-state index contributed by atoms with van der Waals surface area (Å²) in [5.74, 6) is 1.77. The van der Waals surface area contributed by atoms with Crippen LogP contribution in [0, 0.1) is 0 Å². The minimum atomic E-state index is 0.110. The zero-order valence-corrected chi connectivity index (χ0v) is 17.5. The maximum atomic E-state index is 4.68. The van der Waals surface area contributed by atoms with Gasteiger partial charge in [0.05, 0.1) is 12.6 Å². The molecule has 6 heteroatoms. The summed E-state index contributed by atoms with van der Waals surface area (Å²) in [4.78, 5) is 4.68. The second kappa shape index (κ2) is 9.87. The first-order chi connectivity index (χ1) is 14.1. The van der Waals surface area contributed by atoms with Gasteiger partial charge in [0.25, 0.3) is 0 Å². The molecule has 0 aliphatic rings. The predicted molar refractivity (Wildman–Crippen MR) is 120 cm³/mol. The van der Waals surface area contributed by atoms with E-state index >= 15 is 0 Å². The number of guanidine groups is 1. The van der Waals surface area contributed by atoms with Crippen LogP contribution >= 0.6 is 0 Å². The fourth-order valence-electron chi connectivity index (χ4n) is 3.31. The lowest BCUT2D eigenvalue weighted by atomic mass is 10.00. The van der Waals surface area contributed by atoms with Crippen LogP contribution in [-0.2, 0) is 13.0 Å². The number of hydrogen-bond donors (Lipinski definition) is 2. The monoisotopic (exact) mass is 390 g/mol. The van der Waals surface area contributed by atoms with Gasteiger partial charge in [-0.2, -0.15) is 0 Å². The fraction of sp³-hybridized carbons (Fsp3) is 0.348. The second-order valence-corrected chi connectivity index (χ2v) is 7.28. The highest BCUT2D eigenvalue weighted by atomic mass is 15.3. The molecule has 1 aromatic heterocycles.